The monoisotopic (exact) mass is 230 g/mol. The molecule has 5 nitrogen and oxygen atoms in total. The van der Waals surface area contributed by atoms with Crippen LogP contribution in [0.4, 0.5) is 11.5 Å². The highest BCUT2D eigenvalue weighted by atomic mass is 16.3. The lowest BCUT2D eigenvalue weighted by atomic mass is 10.2. The topological polar surface area (TPSA) is 84.1 Å². The van der Waals surface area contributed by atoms with E-state index in [0.29, 0.717) is 5.69 Å². The zero-order valence-electron chi connectivity index (χ0n) is 9.35. The van der Waals surface area contributed by atoms with Crippen molar-refractivity contribution in [1.82, 2.24) is 9.97 Å². The Kier molecular flexibility index (Phi) is 2.16. The Morgan fingerprint density at radius 3 is 2.88 bits per heavy atom. The van der Waals surface area contributed by atoms with Crippen LogP contribution in [0.25, 0.3) is 10.9 Å². The molecule has 0 unspecified atom stereocenters. The van der Waals surface area contributed by atoms with Crippen LogP contribution >= 0.6 is 0 Å². The Labute approximate surface area is 98.7 Å². The predicted molar refractivity (Wildman–Crippen MR) is 66.6 cm³/mol. The van der Waals surface area contributed by atoms with Crippen molar-refractivity contribution in [3.05, 3.63) is 24.5 Å². The van der Waals surface area contributed by atoms with Gasteiger partial charge >= 0.3 is 0 Å². The van der Waals surface area contributed by atoms with Crippen molar-refractivity contribution in [2.75, 3.05) is 17.7 Å². The van der Waals surface area contributed by atoms with Crippen LogP contribution in [0, 0.1) is 0 Å². The Morgan fingerprint density at radius 1 is 1.35 bits per heavy atom. The first-order valence-corrected chi connectivity index (χ1v) is 5.62. The number of aromatic nitrogens is 2. The number of nitrogen functional groups attached to an aromatic ring is 1. The van der Waals surface area contributed by atoms with Gasteiger partial charge in [0, 0.05) is 11.1 Å². The molecule has 1 aliphatic rings. The standard InChI is InChI=1S/C12H14N4O/c13-8-1-2-10-9(5-8)11(15-7-14-10)16-12(6-17)3-4-12/h1-2,5,7,17H,3-4,6,13H2,(H,14,15,16). The molecule has 0 saturated heterocycles. The fourth-order valence-corrected chi connectivity index (χ4v) is 1.90. The number of benzene rings is 1. The summed E-state index contributed by atoms with van der Waals surface area (Å²) >= 11 is 0. The van der Waals surface area contributed by atoms with Crippen molar-refractivity contribution in [2.45, 2.75) is 18.4 Å². The maximum absolute atomic E-state index is 9.31. The Hall–Kier alpha value is -1.88. The number of aliphatic hydroxyl groups is 1. The molecule has 0 radical (unpaired) electrons. The molecule has 1 heterocycles. The molecule has 3 rings (SSSR count). The Bertz CT molecular complexity index is 565. The van der Waals surface area contributed by atoms with Gasteiger partial charge in [-0.15, -0.1) is 0 Å². The van der Waals surface area contributed by atoms with Gasteiger partial charge in [-0.3, -0.25) is 0 Å². The highest BCUT2D eigenvalue weighted by Gasteiger charge is 2.42. The fraction of sp³-hybridized carbons (Fsp3) is 0.333. The van der Waals surface area contributed by atoms with E-state index in [4.69, 9.17) is 5.73 Å². The van der Waals surface area contributed by atoms with E-state index in [1.54, 1.807) is 0 Å². The summed E-state index contributed by atoms with van der Waals surface area (Å²) in [5, 5.41) is 13.5. The smallest absolute Gasteiger partial charge is 0.137 e. The summed E-state index contributed by atoms with van der Waals surface area (Å²) in [6.45, 7) is 0.126. The van der Waals surface area contributed by atoms with Crippen LogP contribution in [0.5, 0.6) is 0 Å². The van der Waals surface area contributed by atoms with E-state index < -0.39 is 0 Å². The van der Waals surface area contributed by atoms with E-state index in [1.807, 2.05) is 18.2 Å². The van der Waals surface area contributed by atoms with E-state index >= 15 is 0 Å². The second-order valence-corrected chi connectivity index (χ2v) is 4.56. The number of rotatable bonds is 3. The lowest BCUT2D eigenvalue weighted by Crippen LogP contribution is -2.26. The molecule has 1 aliphatic carbocycles. The van der Waals surface area contributed by atoms with Crippen LogP contribution in [0.2, 0.25) is 0 Å². The van der Waals surface area contributed by atoms with E-state index in [9.17, 15) is 5.11 Å². The van der Waals surface area contributed by atoms with Gasteiger partial charge in [-0.1, -0.05) is 0 Å². The average Bonchev–Trinajstić information content (AvgIpc) is 3.11. The summed E-state index contributed by atoms with van der Waals surface area (Å²) in [7, 11) is 0. The first kappa shape index (κ1) is 10.3. The van der Waals surface area contributed by atoms with Crippen molar-refractivity contribution in [2.24, 2.45) is 0 Å². The van der Waals surface area contributed by atoms with Crippen LogP contribution in [-0.4, -0.2) is 27.2 Å². The van der Waals surface area contributed by atoms with Gasteiger partial charge in [0.05, 0.1) is 17.7 Å². The second kappa shape index (κ2) is 3.56. The third-order valence-corrected chi connectivity index (χ3v) is 3.20. The molecule has 0 spiro atoms. The van der Waals surface area contributed by atoms with Gasteiger partial charge in [0.2, 0.25) is 0 Å². The van der Waals surface area contributed by atoms with E-state index in [2.05, 4.69) is 15.3 Å². The maximum atomic E-state index is 9.31. The van der Waals surface area contributed by atoms with Crippen molar-refractivity contribution >= 4 is 22.4 Å². The van der Waals surface area contributed by atoms with Crippen LogP contribution < -0.4 is 11.1 Å². The lowest BCUT2D eigenvalue weighted by molar-refractivity contribution is 0.266. The van der Waals surface area contributed by atoms with Gasteiger partial charge in [-0.05, 0) is 31.0 Å². The van der Waals surface area contributed by atoms with Crippen LogP contribution in [0.1, 0.15) is 12.8 Å². The number of nitrogens with one attached hydrogen (secondary N) is 1. The normalized spacial score (nSPS) is 17.0. The van der Waals surface area contributed by atoms with Gasteiger partial charge in [0.1, 0.15) is 12.1 Å². The molecule has 0 bridgehead atoms. The molecule has 1 aromatic carbocycles. The summed E-state index contributed by atoms with van der Waals surface area (Å²) in [4.78, 5) is 8.42. The first-order chi connectivity index (χ1) is 8.22. The van der Waals surface area contributed by atoms with E-state index in [0.717, 1.165) is 29.6 Å². The highest BCUT2D eigenvalue weighted by molar-refractivity contribution is 5.91. The maximum Gasteiger partial charge on any atom is 0.137 e. The van der Waals surface area contributed by atoms with E-state index in [-0.39, 0.29) is 12.1 Å². The van der Waals surface area contributed by atoms with Gasteiger partial charge in [-0.2, -0.15) is 0 Å². The Morgan fingerprint density at radius 2 is 2.18 bits per heavy atom. The van der Waals surface area contributed by atoms with Gasteiger partial charge in [0.15, 0.2) is 0 Å². The quantitative estimate of drug-likeness (QED) is 0.689. The summed E-state index contributed by atoms with van der Waals surface area (Å²) < 4.78 is 0. The molecule has 1 fully saturated rings. The molecular formula is C12H14N4O. The zero-order valence-corrected chi connectivity index (χ0v) is 9.35. The minimum atomic E-state index is -0.189. The minimum absolute atomic E-state index is 0.126. The highest BCUT2D eigenvalue weighted by Crippen LogP contribution is 2.39. The molecule has 88 valence electrons. The molecule has 1 aromatic heterocycles. The fourth-order valence-electron chi connectivity index (χ4n) is 1.90. The van der Waals surface area contributed by atoms with Crippen molar-refractivity contribution in [3.8, 4) is 0 Å². The van der Waals surface area contributed by atoms with Crippen LogP contribution in [0.15, 0.2) is 24.5 Å². The molecule has 0 amide bonds. The first-order valence-electron chi connectivity index (χ1n) is 5.62. The summed E-state index contributed by atoms with van der Waals surface area (Å²) in [6, 6.07) is 5.54. The number of hydrogen-bond acceptors (Lipinski definition) is 5. The summed E-state index contributed by atoms with van der Waals surface area (Å²) in [6.07, 6.45) is 3.46. The molecule has 5 heteroatoms. The molecule has 2 aromatic rings. The van der Waals surface area contributed by atoms with Gasteiger partial charge in [-0.25, -0.2) is 9.97 Å². The number of fused-ring (bicyclic) bond motifs is 1. The largest absolute Gasteiger partial charge is 0.399 e. The number of anilines is 2. The predicted octanol–water partition coefficient (Wildman–Crippen LogP) is 1.15. The van der Waals surface area contributed by atoms with Crippen molar-refractivity contribution in [1.29, 1.82) is 0 Å². The Balaban J connectivity index is 2.06. The molecule has 0 aliphatic heterocycles. The second-order valence-electron chi connectivity index (χ2n) is 4.56. The summed E-state index contributed by atoms with van der Waals surface area (Å²) in [5.74, 6) is 0.744. The minimum Gasteiger partial charge on any atom is -0.399 e. The van der Waals surface area contributed by atoms with Crippen molar-refractivity contribution < 1.29 is 5.11 Å². The SMILES string of the molecule is Nc1ccc2ncnc(NC3(CO)CC3)c2c1. The third kappa shape index (κ3) is 1.78. The van der Waals surface area contributed by atoms with Crippen molar-refractivity contribution in [3.63, 3.8) is 0 Å². The average molecular weight is 230 g/mol. The number of nitrogens with two attached hydrogens (primary N) is 1. The molecule has 17 heavy (non-hydrogen) atoms. The number of nitrogens with zero attached hydrogens (tertiary/aromatic N) is 2. The molecule has 0 atom stereocenters. The lowest BCUT2D eigenvalue weighted by Gasteiger charge is -2.16. The zero-order chi connectivity index (χ0) is 11.9. The van der Waals surface area contributed by atoms with Crippen LogP contribution in [0.3, 0.4) is 0 Å². The number of hydrogen-bond donors (Lipinski definition) is 3. The molecule has 1 saturated carbocycles. The summed E-state index contributed by atoms with van der Waals surface area (Å²) in [5.41, 5.74) is 7.12. The molecule has 4 N–H and O–H groups in total. The third-order valence-electron chi connectivity index (χ3n) is 3.20. The van der Waals surface area contributed by atoms with Gasteiger partial charge in [0.25, 0.3) is 0 Å². The van der Waals surface area contributed by atoms with Gasteiger partial charge < -0.3 is 16.2 Å². The number of aliphatic hydroxyl groups excluding tert-OH is 1. The van der Waals surface area contributed by atoms with Crippen LogP contribution in [-0.2, 0) is 0 Å². The van der Waals surface area contributed by atoms with E-state index in [1.165, 1.54) is 6.33 Å². The molecular weight excluding hydrogens is 216 g/mol.